The average molecular weight is 322 g/mol. The molecule has 2 fully saturated rings. The van der Waals surface area contributed by atoms with Crippen LogP contribution in [0, 0.1) is 5.92 Å². The van der Waals surface area contributed by atoms with Gasteiger partial charge in [-0.1, -0.05) is 36.4 Å². The molecule has 2 heterocycles. The maximum atomic E-state index is 13.0. The smallest absolute Gasteiger partial charge is 0.304 e. The second-order valence-corrected chi connectivity index (χ2v) is 5.99. The first-order chi connectivity index (χ1) is 11.7. The normalized spacial score (nSPS) is 23.6. The zero-order valence-electron chi connectivity index (χ0n) is 13.3. The van der Waals surface area contributed by atoms with E-state index in [1.165, 1.54) is 4.90 Å². The lowest BCUT2D eigenvalue weighted by atomic mass is 10.0. The molecule has 6 nitrogen and oxygen atoms in total. The molecule has 0 aromatic heterocycles. The fourth-order valence-corrected chi connectivity index (χ4v) is 3.41. The van der Waals surface area contributed by atoms with Crippen LogP contribution in [0.2, 0.25) is 0 Å². The lowest BCUT2D eigenvalue weighted by Gasteiger charge is -2.42. The molecule has 2 aliphatic heterocycles. The van der Waals surface area contributed by atoms with E-state index in [1.807, 2.05) is 53.5 Å². The molecular weight excluding hydrogens is 304 g/mol. The minimum Gasteiger partial charge on any atom is -0.304 e. The number of benzene rings is 2. The first-order valence-electron chi connectivity index (χ1n) is 7.92. The van der Waals surface area contributed by atoms with Crippen molar-refractivity contribution in [1.29, 1.82) is 0 Å². The summed E-state index contributed by atoms with van der Waals surface area (Å²) in [5.74, 6) is -0.478. The number of hydrogen-bond donors (Lipinski definition) is 1. The van der Waals surface area contributed by atoms with E-state index >= 15 is 0 Å². The van der Waals surface area contributed by atoms with Gasteiger partial charge in [-0.2, -0.15) is 0 Å². The summed E-state index contributed by atoms with van der Waals surface area (Å²) in [5, 5.41) is 1.91. The van der Waals surface area contributed by atoms with Crippen molar-refractivity contribution < 1.29 is 9.59 Å². The summed E-state index contributed by atoms with van der Waals surface area (Å²) < 4.78 is 0. The van der Waals surface area contributed by atoms with Crippen molar-refractivity contribution in [3.63, 3.8) is 0 Å². The molecule has 0 saturated carbocycles. The van der Waals surface area contributed by atoms with Crippen molar-refractivity contribution in [2.45, 2.75) is 6.17 Å². The third kappa shape index (κ3) is 2.15. The van der Waals surface area contributed by atoms with Crippen LogP contribution < -0.4 is 15.3 Å². The molecule has 2 aromatic rings. The Kier molecular flexibility index (Phi) is 3.46. The van der Waals surface area contributed by atoms with Gasteiger partial charge in [-0.05, 0) is 24.3 Å². The van der Waals surface area contributed by atoms with Crippen LogP contribution in [0.15, 0.2) is 60.7 Å². The summed E-state index contributed by atoms with van der Waals surface area (Å²) in [7, 11) is 1.74. The van der Waals surface area contributed by atoms with Crippen LogP contribution in [0.5, 0.6) is 0 Å². The number of hydrogen-bond acceptors (Lipinski definition) is 4. The second kappa shape index (κ2) is 5.65. The predicted octanol–water partition coefficient (Wildman–Crippen LogP) is 2.05. The predicted molar refractivity (Wildman–Crippen MR) is 91.3 cm³/mol. The summed E-state index contributed by atoms with van der Waals surface area (Å²) in [6.45, 7) is 0.499. The van der Waals surface area contributed by atoms with Gasteiger partial charge < -0.3 is 4.90 Å². The molecule has 0 spiro atoms. The van der Waals surface area contributed by atoms with Crippen molar-refractivity contribution in [2.24, 2.45) is 5.92 Å². The minimum atomic E-state index is -0.327. The van der Waals surface area contributed by atoms with E-state index in [-0.39, 0.29) is 24.0 Å². The van der Waals surface area contributed by atoms with E-state index in [1.54, 1.807) is 24.1 Å². The Balaban J connectivity index is 1.69. The third-order valence-electron chi connectivity index (χ3n) is 4.58. The first-order valence-corrected chi connectivity index (χ1v) is 7.92. The maximum Gasteiger partial charge on any atom is 0.332 e. The molecule has 4 rings (SSSR count). The molecule has 2 saturated heterocycles. The highest BCUT2D eigenvalue weighted by Crippen LogP contribution is 2.33. The van der Waals surface area contributed by atoms with Crippen LogP contribution in [-0.4, -0.2) is 36.6 Å². The highest BCUT2D eigenvalue weighted by atomic mass is 16.2. The fraction of sp³-hybridized carbons (Fsp3) is 0.222. The number of imide groups is 1. The molecule has 2 aromatic carbocycles. The van der Waals surface area contributed by atoms with Gasteiger partial charge in [0.1, 0.15) is 6.17 Å². The Morgan fingerprint density at radius 1 is 0.917 bits per heavy atom. The molecule has 0 aliphatic carbocycles. The van der Waals surface area contributed by atoms with Crippen molar-refractivity contribution in [2.75, 3.05) is 23.5 Å². The van der Waals surface area contributed by atoms with Crippen LogP contribution in [0.4, 0.5) is 16.2 Å². The van der Waals surface area contributed by atoms with Crippen molar-refractivity contribution in [1.82, 2.24) is 10.3 Å². The van der Waals surface area contributed by atoms with Crippen LogP contribution in [0.1, 0.15) is 0 Å². The number of carbonyl (C=O) groups is 2. The van der Waals surface area contributed by atoms with Gasteiger partial charge >= 0.3 is 6.03 Å². The van der Waals surface area contributed by atoms with Crippen molar-refractivity contribution in [3.05, 3.63) is 60.7 Å². The Morgan fingerprint density at radius 3 is 2.12 bits per heavy atom. The van der Waals surface area contributed by atoms with Crippen LogP contribution >= 0.6 is 0 Å². The maximum absolute atomic E-state index is 13.0. The van der Waals surface area contributed by atoms with Crippen LogP contribution in [0.25, 0.3) is 0 Å². The lowest BCUT2D eigenvalue weighted by molar-refractivity contribution is -0.123. The average Bonchev–Trinajstić information content (AvgIpc) is 3.07. The Labute approximate surface area is 140 Å². The number of nitrogens with one attached hydrogen (secondary N) is 1. The summed E-state index contributed by atoms with van der Waals surface area (Å²) in [6, 6.07) is 18.5. The van der Waals surface area contributed by atoms with Gasteiger partial charge in [0, 0.05) is 13.6 Å². The van der Waals surface area contributed by atoms with Gasteiger partial charge in [-0.15, -0.1) is 0 Å². The summed E-state index contributed by atoms with van der Waals surface area (Å²) in [6.07, 6.45) is -0.327. The molecule has 0 bridgehead atoms. The standard InChI is InChI=1S/C18H18N4O2/c1-20-16-15(12-19-22(16)14-10-6-3-7-11-14)17(23)21(18(20)24)13-8-4-2-5-9-13/h2-11,15-16,19H,12H2,1H3. The van der Waals surface area contributed by atoms with Crippen molar-refractivity contribution in [3.8, 4) is 0 Å². The number of anilines is 2. The molecule has 1 N–H and O–H groups in total. The Bertz CT molecular complexity index is 765. The Hall–Kier alpha value is -2.86. The number of para-hydroxylation sites is 2. The quantitative estimate of drug-likeness (QED) is 0.919. The van der Waals surface area contributed by atoms with Gasteiger partial charge in [0.15, 0.2) is 0 Å². The highest BCUT2D eigenvalue weighted by Gasteiger charge is 2.51. The highest BCUT2D eigenvalue weighted by molar-refractivity contribution is 6.17. The number of rotatable bonds is 2. The topological polar surface area (TPSA) is 55.9 Å². The van der Waals surface area contributed by atoms with Gasteiger partial charge in [-0.3, -0.25) is 9.80 Å². The van der Waals surface area contributed by atoms with Gasteiger partial charge in [-0.25, -0.2) is 15.1 Å². The van der Waals surface area contributed by atoms with E-state index in [0.29, 0.717) is 12.2 Å². The number of fused-ring (bicyclic) bond motifs is 1. The molecule has 24 heavy (non-hydrogen) atoms. The SMILES string of the molecule is CN1C(=O)N(c2ccccc2)C(=O)C2CNN(c3ccccc3)C21. The molecule has 0 radical (unpaired) electrons. The summed E-state index contributed by atoms with van der Waals surface area (Å²) >= 11 is 0. The van der Waals surface area contributed by atoms with Crippen molar-refractivity contribution >= 4 is 23.3 Å². The molecule has 3 amide bonds. The number of nitrogens with zero attached hydrogens (tertiary/aromatic N) is 3. The van der Waals surface area contributed by atoms with Crippen LogP contribution in [-0.2, 0) is 4.79 Å². The number of amides is 3. The second-order valence-electron chi connectivity index (χ2n) is 5.99. The van der Waals surface area contributed by atoms with Gasteiger partial charge in [0.05, 0.1) is 17.3 Å². The van der Waals surface area contributed by atoms with E-state index < -0.39 is 0 Å². The largest absolute Gasteiger partial charge is 0.332 e. The van der Waals surface area contributed by atoms with Crippen LogP contribution in [0.3, 0.4) is 0 Å². The number of urea groups is 1. The summed E-state index contributed by atoms with van der Waals surface area (Å²) in [5.41, 5.74) is 4.80. The zero-order chi connectivity index (χ0) is 16.7. The molecule has 122 valence electrons. The molecular formula is C18H18N4O2. The van der Waals surface area contributed by atoms with Gasteiger partial charge in [0.25, 0.3) is 0 Å². The number of carbonyl (C=O) groups excluding carboxylic acids is 2. The molecule has 2 unspecified atom stereocenters. The molecule has 6 heteroatoms. The molecule has 2 atom stereocenters. The minimum absolute atomic E-state index is 0.166. The lowest BCUT2D eigenvalue weighted by Crippen LogP contribution is -2.63. The first kappa shape index (κ1) is 14.7. The zero-order valence-corrected chi connectivity index (χ0v) is 13.3. The number of hydrazine groups is 1. The molecule has 2 aliphatic rings. The Morgan fingerprint density at radius 2 is 1.50 bits per heavy atom. The van der Waals surface area contributed by atoms with Gasteiger partial charge in [0.2, 0.25) is 5.91 Å². The fourth-order valence-electron chi connectivity index (χ4n) is 3.41. The summed E-state index contributed by atoms with van der Waals surface area (Å²) in [4.78, 5) is 28.7. The van der Waals surface area contributed by atoms with E-state index in [4.69, 9.17) is 0 Å². The monoisotopic (exact) mass is 322 g/mol. The van der Waals surface area contributed by atoms with E-state index in [0.717, 1.165) is 5.69 Å². The third-order valence-corrected chi connectivity index (χ3v) is 4.58. The van der Waals surface area contributed by atoms with E-state index in [9.17, 15) is 9.59 Å². The van der Waals surface area contributed by atoms with E-state index in [2.05, 4.69) is 5.43 Å².